The van der Waals surface area contributed by atoms with Crippen molar-refractivity contribution in [1.29, 1.82) is 0 Å². The summed E-state index contributed by atoms with van der Waals surface area (Å²) in [5.41, 5.74) is 14.8. The number of fused-ring (bicyclic) bond motifs is 11. The number of benzene rings is 5. The van der Waals surface area contributed by atoms with Crippen molar-refractivity contribution in [3.05, 3.63) is 174 Å². The van der Waals surface area contributed by atoms with E-state index >= 15 is 0 Å². The summed E-state index contributed by atoms with van der Waals surface area (Å²) >= 11 is 0. The quantitative estimate of drug-likeness (QED) is 0.124. The van der Waals surface area contributed by atoms with Gasteiger partial charge in [-0.05, 0) is 83.6 Å². The monoisotopic (exact) mass is 683 g/mol. The highest BCUT2D eigenvalue weighted by atomic mass is 15.1. The average molecular weight is 684 g/mol. The third-order valence-electron chi connectivity index (χ3n) is 11.1. The summed E-state index contributed by atoms with van der Waals surface area (Å²) < 4.78 is 4.96. The summed E-state index contributed by atoms with van der Waals surface area (Å²) in [7, 11) is 0. The zero-order chi connectivity index (χ0) is 35.3. The molecule has 3 aliphatic rings. The maximum atomic E-state index is 5.23. The van der Waals surface area contributed by atoms with Crippen LogP contribution in [0, 0.1) is 0 Å². The summed E-state index contributed by atoms with van der Waals surface area (Å²) in [6, 6.07) is 43.7. The van der Waals surface area contributed by atoms with Gasteiger partial charge in [0, 0.05) is 27.3 Å². The predicted octanol–water partition coefficient (Wildman–Crippen LogP) is 11.8. The normalized spacial score (nSPS) is 16.7. The lowest BCUT2D eigenvalue weighted by atomic mass is 9.81. The molecule has 2 aliphatic carbocycles. The summed E-state index contributed by atoms with van der Waals surface area (Å²) in [6.07, 6.45) is 16.2. The van der Waals surface area contributed by atoms with Crippen LogP contribution in [0.5, 0.6) is 0 Å². The molecule has 0 N–H and O–H groups in total. The first-order valence-corrected chi connectivity index (χ1v) is 18.4. The van der Waals surface area contributed by atoms with Crippen LogP contribution in [0.2, 0.25) is 0 Å². The van der Waals surface area contributed by atoms with Gasteiger partial charge in [0.1, 0.15) is 13.0 Å². The molecule has 5 heteroatoms. The first-order valence-electron chi connectivity index (χ1n) is 18.4. The van der Waals surface area contributed by atoms with Gasteiger partial charge in [0.25, 0.3) is 0 Å². The summed E-state index contributed by atoms with van der Waals surface area (Å²) in [6.45, 7) is 4.06. The van der Waals surface area contributed by atoms with Crippen LogP contribution in [0.25, 0.3) is 60.5 Å². The number of amidine groups is 1. The number of hydrogen-bond acceptors (Lipinski definition) is 1. The Morgan fingerprint density at radius 2 is 1.53 bits per heavy atom. The third kappa shape index (κ3) is 5.19. The minimum absolute atomic E-state index is 0.306. The van der Waals surface area contributed by atoms with Crippen molar-refractivity contribution < 1.29 is 0 Å². The molecular weight excluding hydrogens is 647 g/mol. The van der Waals surface area contributed by atoms with E-state index in [4.69, 9.17) is 9.98 Å². The van der Waals surface area contributed by atoms with Crippen LogP contribution in [0.1, 0.15) is 36.6 Å². The molecule has 2 aromatic heterocycles. The van der Waals surface area contributed by atoms with E-state index in [2.05, 4.69) is 166 Å². The van der Waals surface area contributed by atoms with Gasteiger partial charge < -0.3 is 9.13 Å². The van der Waals surface area contributed by atoms with Gasteiger partial charge in [0.15, 0.2) is 5.84 Å². The molecule has 1 unspecified atom stereocenters. The van der Waals surface area contributed by atoms with Crippen LogP contribution >= 0.6 is 0 Å². The van der Waals surface area contributed by atoms with E-state index < -0.39 is 0 Å². The first-order chi connectivity index (χ1) is 26.3. The molecular formula is C48H37N5. The van der Waals surface area contributed by atoms with Crippen molar-refractivity contribution in [3.63, 3.8) is 0 Å². The molecule has 0 radical (unpaired) electrons. The van der Waals surface area contributed by atoms with E-state index in [-0.39, 0.29) is 0 Å². The van der Waals surface area contributed by atoms with Gasteiger partial charge in [-0.2, -0.15) is 0 Å². The fourth-order valence-electron chi connectivity index (χ4n) is 8.67. The number of rotatable bonds is 6. The van der Waals surface area contributed by atoms with E-state index in [1.54, 1.807) is 0 Å². The lowest BCUT2D eigenvalue weighted by Gasteiger charge is -2.35. The molecule has 10 rings (SSSR count). The Kier molecular flexibility index (Phi) is 7.57. The molecule has 5 aromatic carbocycles. The molecule has 3 heterocycles. The number of allylic oxidation sites excluding steroid dienone is 8. The number of hydrogen-bond donors (Lipinski definition) is 0. The zero-order valence-electron chi connectivity index (χ0n) is 29.4. The van der Waals surface area contributed by atoms with Crippen molar-refractivity contribution in [3.8, 4) is 22.3 Å². The minimum Gasteiger partial charge on any atom is -0.332 e. The Morgan fingerprint density at radius 1 is 0.736 bits per heavy atom. The Morgan fingerprint density at radius 3 is 2.40 bits per heavy atom. The molecule has 0 saturated carbocycles. The summed E-state index contributed by atoms with van der Waals surface area (Å²) in [5.74, 6) is 0.611. The van der Waals surface area contributed by atoms with Gasteiger partial charge in [0.05, 0.1) is 28.3 Å². The maximum absolute atomic E-state index is 5.23. The average Bonchev–Trinajstić information content (AvgIpc) is 3.78. The Balaban J connectivity index is 1.10. The van der Waals surface area contributed by atoms with E-state index in [1.807, 2.05) is 6.07 Å². The lowest BCUT2D eigenvalue weighted by Crippen LogP contribution is -2.22. The van der Waals surface area contributed by atoms with Gasteiger partial charge >= 0.3 is 0 Å². The number of nitrogens with zero attached hydrogens (tertiary/aromatic N) is 5. The predicted molar refractivity (Wildman–Crippen MR) is 223 cm³/mol. The molecule has 7 aromatic rings. The standard InChI is InChI=1S/C48H37N5/c1-49-30-50-48(36-15-11-14-35(28-36)34-24-22-33(23-25-34)32-12-3-2-4-13-32)51-31-52-43-20-9-7-19-40(43)41-26-27-45-42(47(41)52)29-46-39-18-6-5-16-37(39)38-17-8-10-21-44(38)53(45)46/h2-4,6-15,17-20,22-30,44H,1,5,16,21,31H2/b50-30?,51-48-. The Hall–Kier alpha value is -6.59. The number of aliphatic imine (C=N–C) groups is 3. The molecule has 0 spiro atoms. The van der Waals surface area contributed by atoms with Crippen molar-refractivity contribution in [2.45, 2.75) is 32.0 Å². The second-order valence-corrected chi connectivity index (χ2v) is 13.9. The number of para-hydroxylation sites is 1. The van der Waals surface area contributed by atoms with E-state index in [9.17, 15) is 0 Å². The van der Waals surface area contributed by atoms with Crippen molar-refractivity contribution in [1.82, 2.24) is 9.13 Å². The minimum atomic E-state index is 0.306. The molecule has 5 nitrogen and oxygen atoms in total. The van der Waals surface area contributed by atoms with Crippen LogP contribution in [-0.4, -0.2) is 28.0 Å². The molecule has 0 saturated heterocycles. The topological polar surface area (TPSA) is 46.9 Å². The molecule has 0 amide bonds. The van der Waals surface area contributed by atoms with E-state index in [0.717, 1.165) is 41.5 Å². The van der Waals surface area contributed by atoms with E-state index in [1.165, 1.54) is 67.1 Å². The second kappa shape index (κ2) is 12.9. The van der Waals surface area contributed by atoms with Crippen LogP contribution < -0.4 is 0 Å². The Bertz CT molecular complexity index is 2780. The molecule has 53 heavy (non-hydrogen) atoms. The highest BCUT2D eigenvalue weighted by molar-refractivity contribution is 6.18. The van der Waals surface area contributed by atoms with Crippen LogP contribution in [0.4, 0.5) is 0 Å². The summed E-state index contributed by atoms with van der Waals surface area (Å²) in [5, 5.41) is 3.71. The summed E-state index contributed by atoms with van der Waals surface area (Å²) in [4.78, 5) is 13.9. The first kappa shape index (κ1) is 31.2. The largest absolute Gasteiger partial charge is 0.332 e. The maximum Gasteiger partial charge on any atom is 0.158 e. The van der Waals surface area contributed by atoms with Gasteiger partial charge in [0.2, 0.25) is 0 Å². The molecule has 0 fully saturated rings. The van der Waals surface area contributed by atoms with Crippen molar-refractivity contribution >= 4 is 57.2 Å². The number of aromatic nitrogens is 2. The second-order valence-electron chi connectivity index (χ2n) is 13.9. The molecule has 1 atom stereocenters. The smallest absolute Gasteiger partial charge is 0.158 e. The fourth-order valence-corrected chi connectivity index (χ4v) is 8.67. The Labute approximate surface area is 308 Å². The highest BCUT2D eigenvalue weighted by Crippen LogP contribution is 2.49. The molecule has 1 aliphatic heterocycles. The molecule has 0 bridgehead atoms. The van der Waals surface area contributed by atoms with Crippen LogP contribution in [-0.2, 0) is 6.67 Å². The fraction of sp³-hybridized carbons (Fsp3) is 0.104. The van der Waals surface area contributed by atoms with Gasteiger partial charge in [-0.1, -0.05) is 127 Å². The third-order valence-corrected chi connectivity index (χ3v) is 11.1. The zero-order valence-corrected chi connectivity index (χ0v) is 29.4. The van der Waals surface area contributed by atoms with Crippen LogP contribution in [0.3, 0.4) is 0 Å². The van der Waals surface area contributed by atoms with Crippen molar-refractivity contribution in [2.24, 2.45) is 15.0 Å². The lowest BCUT2D eigenvalue weighted by molar-refractivity contribution is 0.579. The SMILES string of the molecule is C=NC=N/C(=N\Cn1c2ccccc2c2ccc3c(cc4n3C3CC=CC=C3C3=C4C=CCC3)c21)c1cccc(-c2ccc(-c3ccccc3)cc2)c1. The molecule has 254 valence electrons. The highest BCUT2D eigenvalue weighted by Gasteiger charge is 2.33. The van der Waals surface area contributed by atoms with Crippen LogP contribution in [0.15, 0.2) is 178 Å². The van der Waals surface area contributed by atoms with Gasteiger partial charge in [-0.3, -0.25) is 4.99 Å². The van der Waals surface area contributed by atoms with Gasteiger partial charge in [-0.25, -0.2) is 9.98 Å². The van der Waals surface area contributed by atoms with Gasteiger partial charge in [-0.15, -0.1) is 0 Å². The van der Waals surface area contributed by atoms with E-state index in [0.29, 0.717) is 18.5 Å². The van der Waals surface area contributed by atoms with Crippen molar-refractivity contribution in [2.75, 3.05) is 0 Å².